The Hall–Kier alpha value is -1.38. The van der Waals surface area contributed by atoms with E-state index >= 15 is 0 Å². The third-order valence-corrected chi connectivity index (χ3v) is 3.87. The first-order valence-corrected chi connectivity index (χ1v) is 7.67. The molecule has 0 aromatic heterocycles. The summed E-state index contributed by atoms with van der Waals surface area (Å²) in [6, 6.07) is 9.19. The average Bonchev–Trinajstić information content (AvgIpc) is 2.40. The average molecular weight is 306 g/mol. The van der Waals surface area contributed by atoms with Gasteiger partial charge in [0.25, 0.3) is 0 Å². The Morgan fingerprint density at radius 2 is 1.76 bits per heavy atom. The molecule has 2 aromatic carbocycles. The number of aryl methyl sites for hydroxylation is 2. The molecule has 1 N–H and O–H groups in total. The van der Waals surface area contributed by atoms with Gasteiger partial charge in [0.2, 0.25) is 0 Å². The van der Waals surface area contributed by atoms with Gasteiger partial charge in [-0.15, -0.1) is 0 Å². The highest BCUT2D eigenvalue weighted by Crippen LogP contribution is 2.34. The van der Waals surface area contributed by atoms with Crippen LogP contribution in [0.5, 0.6) is 0 Å². The van der Waals surface area contributed by atoms with Crippen LogP contribution >= 0.6 is 11.6 Å². The van der Waals surface area contributed by atoms with Crippen molar-refractivity contribution in [1.82, 2.24) is 5.32 Å². The van der Waals surface area contributed by atoms with Crippen LogP contribution in [-0.4, -0.2) is 6.54 Å². The minimum Gasteiger partial charge on any atom is -0.313 e. The lowest BCUT2D eigenvalue weighted by Crippen LogP contribution is -2.13. The van der Waals surface area contributed by atoms with Crippen molar-refractivity contribution in [2.24, 2.45) is 0 Å². The van der Waals surface area contributed by atoms with Gasteiger partial charge in [0.15, 0.2) is 0 Å². The smallest absolute Gasteiger partial charge is 0.123 e. The molecule has 0 atom stereocenters. The summed E-state index contributed by atoms with van der Waals surface area (Å²) in [7, 11) is 0. The Bertz CT molecular complexity index is 614. The Labute approximate surface area is 131 Å². The molecule has 0 bridgehead atoms. The number of hydrogen-bond acceptors (Lipinski definition) is 1. The van der Waals surface area contributed by atoms with E-state index < -0.39 is 0 Å². The fourth-order valence-corrected chi connectivity index (χ4v) is 2.91. The van der Waals surface area contributed by atoms with E-state index in [9.17, 15) is 4.39 Å². The highest BCUT2D eigenvalue weighted by Gasteiger charge is 2.11. The molecule has 1 nitrogen and oxygen atoms in total. The predicted molar refractivity (Wildman–Crippen MR) is 88.3 cm³/mol. The fraction of sp³-hybridized carbons (Fsp3) is 0.333. The van der Waals surface area contributed by atoms with Gasteiger partial charge in [-0.25, -0.2) is 4.39 Å². The normalized spacial score (nSPS) is 10.9. The molecule has 0 saturated carbocycles. The lowest BCUT2D eigenvalue weighted by Gasteiger charge is -2.13. The van der Waals surface area contributed by atoms with Crippen LogP contribution < -0.4 is 5.32 Å². The first kappa shape index (κ1) is 16.0. The molecule has 112 valence electrons. The highest BCUT2D eigenvalue weighted by molar-refractivity contribution is 6.33. The Kier molecular flexibility index (Phi) is 5.38. The molecule has 0 amide bonds. The molecular formula is C18H21ClFN. The zero-order valence-electron chi connectivity index (χ0n) is 12.8. The quantitative estimate of drug-likeness (QED) is 0.743. The Balaban J connectivity index is 2.33. The first-order chi connectivity index (χ1) is 10.0. The maximum absolute atomic E-state index is 13.4. The van der Waals surface area contributed by atoms with Gasteiger partial charge in [0, 0.05) is 17.1 Å². The summed E-state index contributed by atoms with van der Waals surface area (Å²) in [5.41, 5.74) is 4.97. The molecule has 0 fully saturated rings. The summed E-state index contributed by atoms with van der Waals surface area (Å²) in [6.07, 6.45) is 1.11. The molecule has 0 saturated heterocycles. The second-order valence-electron chi connectivity index (χ2n) is 5.41. The van der Waals surface area contributed by atoms with Crippen LogP contribution in [0.2, 0.25) is 5.02 Å². The van der Waals surface area contributed by atoms with Crippen molar-refractivity contribution in [2.45, 2.75) is 33.7 Å². The maximum atomic E-state index is 13.4. The monoisotopic (exact) mass is 305 g/mol. The van der Waals surface area contributed by atoms with Crippen molar-refractivity contribution < 1.29 is 4.39 Å². The van der Waals surface area contributed by atoms with Crippen molar-refractivity contribution in [3.63, 3.8) is 0 Å². The molecule has 0 aliphatic carbocycles. The van der Waals surface area contributed by atoms with Crippen molar-refractivity contribution in [2.75, 3.05) is 6.54 Å². The van der Waals surface area contributed by atoms with Gasteiger partial charge in [-0.3, -0.25) is 0 Å². The van der Waals surface area contributed by atoms with E-state index in [2.05, 4.69) is 18.3 Å². The van der Waals surface area contributed by atoms with E-state index in [4.69, 9.17) is 11.6 Å². The standard InChI is InChI=1S/C18H21ClFN/c1-4-7-21-11-14-5-6-16(17(19)10-14)18-12(2)8-15(20)9-13(18)3/h5-6,8-10,21H,4,7,11H2,1-3H3. The van der Waals surface area contributed by atoms with Gasteiger partial charge < -0.3 is 5.32 Å². The molecule has 0 heterocycles. The molecule has 2 rings (SSSR count). The number of hydrogen-bond donors (Lipinski definition) is 1. The Morgan fingerprint density at radius 1 is 1.10 bits per heavy atom. The van der Waals surface area contributed by atoms with Crippen LogP contribution in [0.4, 0.5) is 4.39 Å². The summed E-state index contributed by atoms with van der Waals surface area (Å²) >= 11 is 6.44. The number of rotatable bonds is 5. The van der Waals surface area contributed by atoms with Crippen LogP contribution in [-0.2, 0) is 6.54 Å². The minimum absolute atomic E-state index is 0.203. The van der Waals surface area contributed by atoms with Gasteiger partial charge in [-0.1, -0.05) is 30.7 Å². The summed E-state index contributed by atoms with van der Waals surface area (Å²) in [4.78, 5) is 0. The molecule has 0 unspecified atom stereocenters. The van der Waals surface area contributed by atoms with Crippen molar-refractivity contribution in [3.05, 3.63) is 57.9 Å². The van der Waals surface area contributed by atoms with Crippen LogP contribution in [0.3, 0.4) is 0 Å². The topological polar surface area (TPSA) is 12.0 Å². The largest absolute Gasteiger partial charge is 0.313 e. The zero-order chi connectivity index (χ0) is 15.4. The Morgan fingerprint density at radius 3 is 2.33 bits per heavy atom. The fourth-order valence-electron chi connectivity index (χ4n) is 2.62. The lowest BCUT2D eigenvalue weighted by molar-refractivity contribution is 0.625. The van der Waals surface area contributed by atoms with E-state index in [1.165, 1.54) is 0 Å². The SMILES string of the molecule is CCCNCc1ccc(-c2c(C)cc(F)cc2C)c(Cl)c1. The number of halogens is 2. The third-order valence-electron chi connectivity index (χ3n) is 3.56. The summed E-state index contributed by atoms with van der Waals surface area (Å²) < 4.78 is 13.4. The molecule has 2 aromatic rings. The van der Waals surface area contributed by atoms with Gasteiger partial charge in [0.05, 0.1) is 0 Å². The maximum Gasteiger partial charge on any atom is 0.123 e. The number of nitrogens with one attached hydrogen (secondary N) is 1. The van der Waals surface area contributed by atoms with Crippen molar-refractivity contribution in [3.8, 4) is 11.1 Å². The summed E-state index contributed by atoms with van der Waals surface area (Å²) in [5, 5.41) is 4.07. The first-order valence-electron chi connectivity index (χ1n) is 7.29. The van der Waals surface area contributed by atoms with Crippen molar-refractivity contribution >= 4 is 11.6 Å². The van der Waals surface area contributed by atoms with Crippen LogP contribution in [0, 0.1) is 19.7 Å². The third kappa shape index (κ3) is 3.84. The summed E-state index contributed by atoms with van der Waals surface area (Å²) in [5.74, 6) is -0.203. The van der Waals surface area contributed by atoms with E-state index in [1.807, 2.05) is 26.0 Å². The van der Waals surface area contributed by atoms with Crippen molar-refractivity contribution in [1.29, 1.82) is 0 Å². The molecular weight excluding hydrogens is 285 g/mol. The van der Waals surface area contributed by atoms with E-state index in [-0.39, 0.29) is 5.82 Å². The molecule has 0 spiro atoms. The van der Waals surface area contributed by atoms with Crippen LogP contribution in [0.25, 0.3) is 11.1 Å². The number of benzene rings is 2. The molecule has 0 aliphatic heterocycles. The second kappa shape index (κ2) is 7.06. The zero-order valence-corrected chi connectivity index (χ0v) is 13.5. The molecule has 21 heavy (non-hydrogen) atoms. The van der Waals surface area contributed by atoms with Gasteiger partial charge in [-0.2, -0.15) is 0 Å². The van der Waals surface area contributed by atoms with Gasteiger partial charge in [0.1, 0.15) is 5.82 Å². The molecule has 0 aliphatic rings. The molecule has 3 heteroatoms. The van der Waals surface area contributed by atoms with E-state index in [0.717, 1.165) is 47.3 Å². The van der Waals surface area contributed by atoms with Crippen LogP contribution in [0.1, 0.15) is 30.0 Å². The minimum atomic E-state index is -0.203. The lowest BCUT2D eigenvalue weighted by atomic mass is 9.95. The summed E-state index contributed by atoms with van der Waals surface area (Å²) in [6.45, 7) is 7.78. The van der Waals surface area contributed by atoms with E-state index in [1.54, 1.807) is 12.1 Å². The highest BCUT2D eigenvalue weighted by atomic mass is 35.5. The van der Waals surface area contributed by atoms with Crippen LogP contribution in [0.15, 0.2) is 30.3 Å². The van der Waals surface area contributed by atoms with E-state index in [0.29, 0.717) is 5.02 Å². The second-order valence-corrected chi connectivity index (χ2v) is 5.81. The van der Waals surface area contributed by atoms with Gasteiger partial charge >= 0.3 is 0 Å². The predicted octanol–water partition coefficient (Wildman–Crippen LogP) is 5.26. The van der Waals surface area contributed by atoms with Gasteiger partial charge in [-0.05, 0) is 67.3 Å². The molecule has 0 radical (unpaired) electrons.